The number of azo groups is 1. The summed E-state index contributed by atoms with van der Waals surface area (Å²) in [5, 5.41) is 19.6. The van der Waals surface area contributed by atoms with Gasteiger partial charge in [-0.2, -0.15) is 36.7 Å². The lowest BCUT2D eigenvalue weighted by atomic mass is 10.1. The third kappa shape index (κ3) is 5.38. The molecule has 0 aliphatic rings. The molecule has 3 rings (SSSR count). The van der Waals surface area contributed by atoms with Crippen LogP contribution in [0.5, 0.6) is 0 Å². The van der Waals surface area contributed by atoms with Crippen LogP contribution in [-0.4, -0.2) is 4.98 Å². The number of nitrogen functional groups attached to an aromatic ring is 1. The zero-order valence-corrected chi connectivity index (χ0v) is 16.8. The molecule has 12 heteroatoms. The molecule has 2 aromatic carbocycles. The lowest BCUT2D eigenvalue weighted by molar-refractivity contribution is -0.143. The monoisotopic (exact) mass is 464 g/mol. The number of nitrogens with zero attached hydrogens (tertiary/aromatic N) is 4. The summed E-state index contributed by atoms with van der Waals surface area (Å²) < 4.78 is 78.6. The Balaban J connectivity index is 2.14. The number of nitrogens with two attached hydrogens (primary N) is 1. The maximum Gasteiger partial charge on any atom is 0.416 e. The molecule has 0 amide bonds. The van der Waals surface area contributed by atoms with E-state index in [-0.39, 0.29) is 34.5 Å². The van der Waals surface area contributed by atoms with E-state index in [2.05, 4.69) is 20.5 Å². The van der Waals surface area contributed by atoms with Crippen LogP contribution in [0.15, 0.2) is 58.8 Å². The number of anilines is 3. The number of hydrogen-bond acceptors (Lipinski definition) is 6. The molecule has 0 bridgehead atoms. The van der Waals surface area contributed by atoms with Crippen molar-refractivity contribution in [3.8, 4) is 6.07 Å². The van der Waals surface area contributed by atoms with Crippen LogP contribution in [0.3, 0.4) is 0 Å². The van der Waals surface area contributed by atoms with E-state index in [0.29, 0.717) is 17.8 Å². The van der Waals surface area contributed by atoms with Crippen LogP contribution in [0.25, 0.3) is 0 Å². The van der Waals surface area contributed by atoms with Crippen molar-refractivity contribution in [2.45, 2.75) is 19.3 Å². The fourth-order valence-corrected chi connectivity index (χ4v) is 2.83. The molecule has 0 atom stereocenters. The largest absolute Gasteiger partial charge is 0.416 e. The van der Waals surface area contributed by atoms with Crippen molar-refractivity contribution in [2.24, 2.45) is 10.2 Å². The van der Waals surface area contributed by atoms with Crippen molar-refractivity contribution in [3.05, 3.63) is 70.8 Å². The lowest BCUT2D eigenvalue weighted by Gasteiger charge is -2.13. The Morgan fingerprint density at radius 1 is 0.939 bits per heavy atom. The van der Waals surface area contributed by atoms with E-state index in [1.54, 1.807) is 30.3 Å². The van der Waals surface area contributed by atoms with Crippen LogP contribution in [-0.2, 0) is 12.4 Å². The Morgan fingerprint density at radius 2 is 1.52 bits per heavy atom. The first-order valence-corrected chi connectivity index (χ1v) is 9.13. The molecule has 6 nitrogen and oxygen atoms in total. The standard InChI is InChI=1S/C21H14F6N6/c1-11-16(10-28)18(29)31-19(30-14-5-3-2-4-6-14)17(11)33-32-15-8-12(20(22,23)24)7-13(9-15)21(25,26)27/h2-9H,1H3,(H3,29,30,31)/b33-32+. The topological polar surface area (TPSA) is 99.5 Å². The Hall–Kier alpha value is -4.14. The van der Waals surface area contributed by atoms with Crippen molar-refractivity contribution in [1.29, 1.82) is 5.26 Å². The van der Waals surface area contributed by atoms with Crippen LogP contribution < -0.4 is 11.1 Å². The summed E-state index contributed by atoms with van der Waals surface area (Å²) in [5.41, 5.74) is 2.67. The van der Waals surface area contributed by atoms with Gasteiger partial charge in [0.05, 0.1) is 22.4 Å². The molecule has 0 spiro atoms. The van der Waals surface area contributed by atoms with Gasteiger partial charge in [-0.15, -0.1) is 5.11 Å². The number of hydrogen-bond donors (Lipinski definition) is 2. The number of pyridine rings is 1. The molecule has 0 radical (unpaired) electrons. The van der Waals surface area contributed by atoms with Crippen LogP contribution in [0.2, 0.25) is 0 Å². The summed E-state index contributed by atoms with van der Waals surface area (Å²) in [6.07, 6.45) is -10.1. The number of para-hydroxylation sites is 1. The molecule has 0 saturated carbocycles. The van der Waals surface area contributed by atoms with Crippen molar-refractivity contribution < 1.29 is 26.3 Å². The van der Waals surface area contributed by atoms with Gasteiger partial charge in [0.15, 0.2) is 5.82 Å². The number of nitriles is 1. The molecule has 3 N–H and O–H groups in total. The van der Waals surface area contributed by atoms with E-state index in [0.717, 1.165) is 0 Å². The SMILES string of the molecule is Cc1c(C#N)c(N)nc(Nc2ccccc2)c1/N=N/c1cc(C(F)(F)F)cc(C(F)(F)F)c1. The van der Waals surface area contributed by atoms with Crippen molar-refractivity contribution >= 4 is 28.7 Å². The van der Waals surface area contributed by atoms with E-state index in [1.165, 1.54) is 6.92 Å². The van der Waals surface area contributed by atoms with Gasteiger partial charge >= 0.3 is 12.4 Å². The van der Waals surface area contributed by atoms with Crippen LogP contribution >= 0.6 is 0 Å². The molecule has 0 fully saturated rings. The average Bonchev–Trinajstić information content (AvgIpc) is 2.73. The summed E-state index contributed by atoms with van der Waals surface area (Å²) in [6.45, 7) is 1.45. The number of nitrogens with one attached hydrogen (secondary N) is 1. The predicted molar refractivity (Wildman–Crippen MR) is 108 cm³/mol. The number of halogens is 6. The fourth-order valence-electron chi connectivity index (χ4n) is 2.83. The van der Waals surface area contributed by atoms with Gasteiger partial charge in [0.2, 0.25) is 0 Å². The first-order chi connectivity index (χ1) is 15.4. The fraction of sp³-hybridized carbons (Fsp3) is 0.143. The maximum absolute atomic E-state index is 13.1. The van der Waals surface area contributed by atoms with E-state index >= 15 is 0 Å². The average molecular weight is 464 g/mol. The van der Waals surface area contributed by atoms with Gasteiger partial charge in [0.25, 0.3) is 0 Å². The van der Waals surface area contributed by atoms with Gasteiger partial charge in [-0.3, -0.25) is 0 Å². The third-order valence-corrected chi connectivity index (χ3v) is 4.43. The highest BCUT2D eigenvalue weighted by Gasteiger charge is 2.37. The Kier molecular flexibility index (Phi) is 6.25. The predicted octanol–water partition coefficient (Wildman–Crippen LogP) is 7.04. The third-order valence-electron chi connectivity index (χ3n) is 4.43. The molecule has 33 heavy (non-hydrogen) atoms. The molecule has 1 heterocycles. The van der Waals surface area contributed by atoms with Gasteiger partial charge in [0, 0.05) is 11.3 Å². The smallest absolute Gasteiger partial charge is 0.383 e. The van der Waals surface area contributed by atoms with Gasteiger partial charge in [-0.25, -0.2) is 4.98 Å². The quantitative estimate of drug-likeness (QED) is 0.319. The minimum Gasteiger partial charge on any atom is -0.383 e. The Labute approximate surface area is 183 Å². The molecular formula is C21H14F6N6. The van der Waals surface area contributed by atoms with E-state index in [9.17, 15) is 31.6 Å². The van der Waals surface area contributed by atoms with Crippen LogP contribution in [0.4, 0.5) is 55.0 Å². The second-order valence-corrected chi connectivity index (χ2v) is 6.76. The summed E-state index contributed by atoms with van der Waals surface area (Å²) in [5.74, 6) is -0.118. The van der Waals surface area contributed by atoms with Crippen molar-refractivity contribution in [1.82, 2.24) is 4.98 Å². The van der Waals surface area contributed by atoms with Crippen molar-refractivity contribution in [2.75, 3.05) is 11.1 Å². The Bertz CT molecular complexity index is 1210. The maximum atomic E-state index is 13.1. The molecule has 0 unspecified atom stereocenters. The highest BCUT2D eigenvalue weighted by atomic mass is 19.4. The van der Waals surface area contributed by atoms with E-state index in [1.807, 2.05) is 6.07 Å². The molecule has 1 aromatic heterocycles. The number of rotatable bonds is 4. The zero-order chi connectivity index (χ0) is 24.4. The molecule has 170 valence electrons. The zero-order valence-electron chi connectivity index (χ0n) is 16.8. The normalized spacial score (nSPS) is 12.1. The Morgan fingerprint density at radius 3 is 2.03 bits per heavy atom. The molecule has 0 aliphatic heterocycles. The summed E-state index contributed by atoms with van der Waals surface area (Å²) >= 11 is 0. The molecule has 0 aliphatic carbocycles. The second kappa shape index (κ2) is 8.78. The first kappa shape index (κ1) is 23.5. The van der Waals surface area contributed by atoms with Crippen LogP contribution in [0, 0.1) is 18.3 Å². The summed E-state index contributed by atoms with van der Waals surface area (Å²) in [6, 6.07) is 11.2. The molecular weight excluding hydrogens is 450 g/mol. The number of alkyl halides is 6. The number of aromatic nitrogens is 1. The van der Waals surface area contributed by atoms with Crippen LogP contribution in [0.1, 0.15) is 22.3 Å². The lowest BCUT2D eigenvalue weighted by Crippen LogP contribution is -2.10. The highest BCUT2D eigenvalue weighted by Crippen LogP contribution is 2.40. The second-order valence-electron chi connectivity index (χ2n) is 6.76. The highest BCUT2D eigenvalue weighted by molar-refractivity contribution is 5.76. The first-order valence-electron chi connectivity index (χ1n) is 9.13. The summed E-state index contributed by atoms with van der Waals surface area (Å²) in [7, 11) is 0. The van der Waals surface area contributed by atoms with Gasteiger partial charge in [-0.05, 0) is 37.3 Å². The minimum absolute atomic E-state index is 0.00872. The van der Waals surface area contributed by atoms with Crippen molar-refractivity contribution in [3.63, 3.8) is 0 Å². The van der Waals surface area contributed by atoms with E-state index < -0.39 is 29.2 Å². The minimum atomic E-state index is -5.03. The van der Waals surface area contributed by atoms with Gasteiger partial charge < -0.3 is 11.1 Å². The molecule has 0 saturated heterocycles. The van der Waals surface area contributed by atoms with E-state index in [4.69, 9.17) is 5.73 Å². The summed E-state index contributed by atoms with van der Waals surface area (Å²) in [4.78, 5) is 4.06. The van der Waals surface area contributed by atoms with Gasteiger partial charge in [0.1, 0.15) is 17.6 Å². The number of benzene rings is 2. The van der Waals surface area contributed by atoms with Gasteiger partial charge in [-0.1, -0.05) is 18.2 Å². The molecule has 3 aromatic rings.